The van der Waals surface area contributed by atoms with Crippen LogP contribution in [0.1, 0.15) is 21.5 Å². The third-order valence-electron chi connectivity index (χ3n) is 5.22. The first-order valence-corrected chi connectivity index (χ1v) is 9.94. The van der Waals surface area contributed by atoms with Crippen LogP contribution in [0.25, 0.3) is 23.0 Å². The highest BCUT2D eigenvalue weighted by Gasteiger charge is 2.28. The van der Waals surface area contributed by atoms with Crippen LogP contribution < -0.4 is 4.74 Å². The van der Waals surface area contributed by atoms with Gasteiger partial charge in [-0.2, -0.15) is 5.10 Å². The monoisotopic (exact) mass is 423 g/mol. The molecule has 32 heavy (non-hydrogen) atoms. The van der Waals surface area contributed by atoms with E-state index in [9.17, 15) is 14.9 Å². The van der Waals surface area contributed by atoms with Gasteiger partial charge in [0.25, 0.3) is 5.69 Å². The average molecular weight is 423 g/mol. The van der Waals surface area contributed by atoms with E-state index >= 15 is 0 Å². The van der Waals surface area contributed by atoms with Gasteiger partial charge in [0.2, 0.25) is 5.78 Å². The number of hydrogen-bond donors (Lipinski definition) is 0. The van der Waals surface area contributed by atoms with Crippen molar-refractivity contribution in [3.8, 4) is 22.7 Å². The van der Waals surface area contributed by atoms with E-state index in [0.717, 1.165) is 11.3 Å². The van der Waals surface area contributed by atoms with Crippen LogP contribution in [0.5, 0.6) is 5.75 Å². The van der Waals surface area contributed by atoms with Crippen molar-refractivity contribution in [2.75, 3.05) is 0 Å². The van der Waals surface area contributed by atoms with Crippen molar-refractivity contribution in [2.24, 2.45) is 0 Å². The number of allylic oxidation sites excluding steroid dienone is 1. The third kappa shape index (κ3) is 3.45. The molecule has 7 heteroatoms. The van der Waals surface area contributed by atoms with Crippen LogP contribution in [-0.4, -0.2) is 20.5 Å². The van der Waals surface area contributed by atoms with Crippen molar-refractivity contribution in [2.45, 2.75) is 6.92 Å². The van der Waals surface area contributed by atoms with E-state index in [1.165, 1.54) is 12.1 Å². The molecule has 5 rings (SSSR count). The molecule has 0 radical (unpaired) electrons. The molecule has 1 aliphatic heterocycles. The molecule has 7 nitrogen and oxygen atoms in total. The summed E-state index contributed by atoms with van der Waals surface area (Å²) in [5.41, 5.74) is 4.29. The molecule has 4 aromatic rings. The Labute approximate surface area is 183 Å². The number of hydrogen-bond acceptors (Lipinski definition) is 5. The minimum Gasteiger partial charge on any atom is -0.452 e. The minimum atomic E-state index is -0.445. The first-order valence-electron chi connectivity index (χ1n) is 9.94. The van der Waals surface area contributed by atoms with Gasteiger partial charge >= 0.3 is 0 Å². The molecular weight excluding hydrogens is 406 g/mol. The Hall–Kier alpha value is -4.52. The highest BCUT2D eigenvalue weighted by Crippen LogP contribution is 2.34. The molecule has 1 aliphatic rings. The Morgan fingerprint density at radius 2 is 1.78 bits per heavy atom. The quantitative estimate of drug-likeness (QED) is 0.250. The molecule has 156 valence electrons. The maximum Gasteiger partial charge on any atom is 0.269 e. The number of benzene rings is 3. The second kappa shape index (κ2) is 7.63. The zero-order chi connectivity index (χ0) is 22.2. The first-order chi connectivity index (χ1) is 15.5. The molecule has 0 saturated carbocycles. The Kier molecular flexibility index (Phi) is 4.63. The topological polar surface area (TPSA) is 87.3 Å². The summed E-state index contributed by atoms with van der Waals surface area (Å²) in [4.78, 5) is 23.5. The number of carbonyl (C=O) groups excluding carboxylic acids is 1. The minimum absolute atomic E-state index is 0.00345. The third-order valence-corrected chi connectivity index (χ3v) is 5.22. The fraction of sp³-hybridized carbons (Fsp3) is 0.0400. The summed E-state index contributed by atoms with van der Waals surface area (Å²) >= 11 is 0. The van der Waals surface area contributed by atoms with E-state index in [4.69, 9.17) is 9.84 Å². The second-order valence-electron chi connectivity index (χ2n) is 7.46. The van der Waals surface area contributed by atoms with Crippen LogP contribution in [0.2, 0.25) is 0 Å². The van der Waals surface area contributed by atoms with Crippen LogP contribution in [0.15, 0.2) is 84.8 Å². The normalized spacial score (nSPS) is 13.8. The molecule has 0 amide bonds. The van der Waals surface area contributed by atoms with Gasteiger partial charge in [0, 0.05) is 29.5 Å². The Bertz CT molecular complexity index is 1390. The molecule has 0 atom stereocenters. The van der Waals surface area contributed by atoms with Gasteiger partial charge in [-0.15, -0.1) is 0 Å². The summed E-state index contributed by atoms with van der Waals surface area (Å²) in [6.45, 7) is 1.92. The fourth-order valence-corrected chi connectivity index (χ4v) is 3.62. The van der Waals surface area contributed by atoms with Gasteiger partial charge in [-0.3, -0.25) is 14.9 Å². The van der Waals surface area contributed by atoms with E-state index in [1.807, 2.05) is 55.6 Å². The van der Waals surface area contributed by atoms with Crippen LogP contribution >= 0.6 is 0 Å². The lowest BCUT2D eigenvalue weighted by Crippen LogP contribution is -1.98. The molecule has 1 aromatic heterocycles. The summed E-state index contributed by atoms with van der Waals surface area (Å²) in [5, 5.41) is 15.7. The molecule has 2 heterocycles. The number of para-hydroxylation sites is 1. The number of nitro groups is 1. The number of ether oxygens (including phenoxy) is 1. The molecule has 0 bridgehead atoms. The predicted octanol–water partition coefficient (Wildman–Crippen LogP) is 5.37. The number of non-ortho nitro benzene ring substituents is 1. The SMILES string of the molecule is Cc1ccc2c(c1)C(=O)/C(=C/c1cn(-c3ccccc3)nc1-c1ccc([N+](=O)[O-])cc1)O2. The summed E-state index contributed by atoms with van der Waals surface area (Å²) in [6.07, 6.45) is 3.48. The van der Waals surface area contributed by atoms with Crippen LogP contribution in [0, 0.1) is 17.0 Å². The van der Waals surface area contributed by atoms with Gasteiger partial charge in [0.15, 0.2) is 5.76 Å². The van der Waals surface area contributed by atoms with Crippen molar-refractivity contribution < 1.29 is 14.5 Å². The van der Waals surface area contributed by atoms with Gasteiger partial charge in [0.1, 0.15) is 11.4 Å². The highest BCUT2D eigenvalue weighted by molar-refractivity contribution is 6.14. The number of carbonyl (C=O) groups is 1. The number of nitrogens with zero attached hydrogens (tertiary/aromatic N) is 3. The standard InChI is InChI=1S/C25H17N3O4/c1-16-7-12-22-21(13-16)25(29)23(32-22)14-18-15-27(19-5-3-2-4-6-19)26-24(18)17-8-10-20(11-9-17)28(30)31/h2-15H,1H3/b23-14-. The molecule has 0 spiro atoms. The zero-order valence-corrected chi connectivity index (χ0v) is 17.1. The van der Waals surface area contributed by atoms with Crippen molar-refractivity contribution in [3.05, 3.63) is 112 Å². The molecular formula is C25H17N3O4. The molecule has 0 N–H and O–H groups in total. The number of Topliss-reactive ketones (excluding diaryl/α,β-unsaturated/α-hetero) is 1. The van der Waals surface area contributed by atoms with Crippen molar-refractivity contribution >= 4 is 17.5 Å². The van der Waals surface area contributed by atoms with Crippen molar-refractivity contribution in [1.82, 2.24) is 9.78 Å². The molecule has 0 saturated heterocycles. The van der Waals surface area contributed by atoms with Crippen molar-refractivity contribution in [3.63, 3.8) is 0 Å². The maximum absolute atomic E-state index is 12.9. The van der Waals surface area contributed by atoms with Gasteiger partial charge in [-0.25, -0.2) is 4.68 Å². The van der Waals surface area contributed by atoms with Crippen LogP contribution in [0.4, 0.5) is 5.69 Å². The van der Waals surface area contributed by atoms with Gasteiger partial charge < -0.3 is 4.74 Å². The Morgan fingerprint density at radius 3 is 2.50 bits per heavy atom. The molecule has 0 unspecified atom stereocenters. The Morgan fingerprint density at radius 1 is 1.03 bits per heavy atom. The summed E-state index contributed by atoms with van der Waals surface area (Å²) < 4.78 is 7.53. The predicted molar refractivity (Wildman–Crippen MR) is 120 cm³/mol. The van der Waals surface area contributed by atoms with E-state index in [-0.39, 0.29) is 17.2 Å². The molecule has 0 aliphatic carbocycles. The number of ketones is 1. The fourth-order valence-electron chi connectivity index (χ4n) is 3.62. The average Bonchev–Trinajstić information content (AvgIpc) is 3.36. The number of aryl methyl sites for hydroxylation is 1. The molecule has 0 fully saturated rings. The van der Waals surface area contributed by atoms with Crippen molar-refractivity contribution in [1.29, 1.82) is 0 Å². The number of fused-ring (bicyclic) bond motifs is 1. The van der Waals surface area contributed by atoms with Gasteiger partial charge in [-0.05, 0) is 49.4 Å². The Balaban J connectivity index is 1.61. The lowest BCUT2D eigenvalue weighted by Gasteiger charge is -2.01. The maximum atomic E-state index is 12.9. The highest BCUT2D eigenvalue weighted by atomic mass is 16.6. The lowest BCUT2D eigenvalue weighted by atomic mass is 10.0. The van der Waals surface area contributed by atoms with Crippen LogP contribution in [-0.2, 0) is 0 Å². The molecule has 3 aromatic carbocycles. The summed E-state index contributed by atoms with van der Waals surface area (Å²) in [6, 6.07) is 21.2. The summed E-state index contributed by atoms with van der Waals surface area (Å²) in [7, 11) is 0. The number of nitro benzene ring substituents is 1. The van der Waals surface area contributed by atoms with Gasteiger partial charge in [-0.1, -0.05) is 29.8 Å². The number of rotatable bonds is 4. The van der Waals surface area contributed by atoms with Gasteiger partial charge in [0.05, 0.1) is 16.2 Å². The largest absolute Gasteiger partial charge is 0.452 e. The van der Waals surface area contributed by atoms with E-state index in [0.29, 0.717) is 28.1 Å². The van der Waals surface area contributed by atoms with E-state index in [2.05, 4.69) is 0 Å². The van der Waals surface area contributed by atoms with E-state index < -0.39 is 4.92 Å². The number of aromatic nitrogens is 2. The van der Waals surface area contributed by atoms with E-state index in [1.54, 1.807) is 29.0 Å². The van der Waals surface area contributed by atoms with Crippen LogP contribution in [0.3, 0.4) is 0 Å². The lowest BCUT2D eigenvalue weighted by molar-refractivity contribution is -0.384. The second-order valence-corrected chi connectivity index (χ2v) is 7.46. The smallest absolute Gasteiger partial charge is 0.269 e. The zero-order valence-electron chi connectivity index (χ0n) is 17.1. The summed E-state index contributed by atoms with van der Waals surface area (Å²) in [5.74, 6) is 0.548. The first kappa shape index (κ1) is 19.4.